The lowest BCUT2D eigenvalue weighted by molar-refractivity contribution is 0.122. The topological polar surface area (TPSA) is 55.4 Å². The van der Waals surface area contributed by atoms with Gasteiger partial charge in [0, 0.05) is 13.7 Å². The Balaban J connectivity index is 3.71. The summed E-state index contributed by atoms with van der Waals surface area (Å²) in [5, 5.41) is 0. The Labute approximate surface area is 75.5 Å². The summed E-state index contributed by atoms with van der Waals surface area (Å²) in [5.41, 5.74) is 0. The number of rotatable bonds is 5. The van der Waals surface area contributed by atoms with Crippen molar-refractivity contribution in [3.63, 3.8) is 0 Å². The molecule has 0 spiro atoms. The van der Waals surface area contributed by atoms with Crippen LogP contribution in [0, 0.1) is 0 Å². The molecule has 0 bridgehead atoms. The van der Waals surface area contributed by atoms with Crippen molar-refractivity contribution in [2.75, 3.05) is 18.3 Å². The zero-order chi connectivity index (χ0) is 8.91. The highest BCUT2D eigenvalue weighted by molar-refractivity contribution is 9.10. The second kappa shape index (κ2) is 5.08. The standard InChI is InChI=1S/C5H12BrNO3S/c1-5(10-2)3-7-11(8,9)4-6/h5,7H,3-4H2,1-2H3. The number of ether oxygens (including phenoxy) is 1. The van der Waals surface area contributed by atoms with E-state index in [4.69, 9.17) is 4.74 Å². The molecule has 0 heterocycles. The molecule has 0 aliphatic rings. The Morgan fingerprint density at radius 1 is 1.64 bits per heavy atom. The summed E-state index contributed by atoms with van der Waals surface area (Å²) in [6.07, 6.45) is -0.0937. The fraction of sp³-hybridized carbons (Fsp3) is 1.00. The molecule has 0 aliphatic heterocycles. The summed E-state index contributed by atoms with van der Waals surface area (Å²) in [6, 6.07) is 0. The van der Waals surface area contributed by atoms with E-state index in [1.54, 1.807) is 6.92 Å². The van der Waals surface area contributed by atoms with Crippen LogP contribution in [0.4, 0.5) is 0 Å². The Bertz CT molecular complexity index is 192. The van der Waals surface area contributed by atoms with Crippen molar-refractivity contribution in [1.29, 1.82) is 0 Å². The van der Waals surface area contributed by atoms with Gasteiger partial charge in [0.05, 0.1) is 6.10 Å². The number of halogens is 1. The van der Waals surface area contributed by atoms with Gasteiger partial charge in [0.25, 0.3) is 0 Å². The molecule has 0 aromatic heterocycles. The predicted octanol–water partition coefficient (Wildman–Crippen LogP) is 0.293. The molecular weight excluding hydrogens is 234 g/mol. The quantitative estimate of drug-likeness (QED) is 0.709. The molecule has 0 saturated heterocycles. The van der Waals surface area contributed by atoms with E-state index in [0.717, 1.165) is 0 Å². The first-order valence-corrected chi connectivity index (χ1v) is 5.85. The van der Waals surface area contributed by atoms with Gasteiger partial charge in [-0.2, -0.15) is 0 Å². The van der Waals surface area contributed by atoms with Gasteiger partial charge in [0.2, 0.25) is 10.0 Å². The molecular formula is C5H12BrNO3S. The van der Waals surface area contributed by atoms with Crippen molar-refractivity contribution in [1.82, 2.24) is 4.72 Å². The SMILES string of the molecule is COC(C)CNS(=O)(=O)CBr. The third-order valence-electron chi connectivity index (χ3n) is 1.14. The van der Waals surface area contributed by atoms with Crippen molar-refractivity contribution >= 4 is 26.0 Å². The van der Waals surface area contributed by atoms with Crippen molar-refractivity contribution < 1.29 is 13.2 Å². The van der Waals surface area contributed by atoms with Crippen LogP contribution in [0.5, 0.6) is 0 Å². The normalized spacial score (nSPS) is 14.8. The molecule has 0 aromatic rings. The third-order valence-corrected chi connectivity index (χ3v) is 3.84. The summed E-state index contributed by atoms with van der Waals surface area (Å²) in [5.74, 6) is 0. The Hall–Kier alpha value is 0.350. The predicted molar refractivity (Wildman–Crippen MR) is 47.2 cm³/mol. The number of methoxy groups -OCH3 is 1. The van der Waals surface area contributed by atoms with Gasteiger partial charge in [-0.25, -0.2) is 13.1 Å². The summed E-state index contributed by atoms with van der Waals surface area (Å²) in [7, 11) is -1.60. The van der Waals surface area contributed by atoms with Gasteiger partial charge < -0.3 is 4.74 Å². The zero-order valence-electron chi connectivity index (χ0n) is 6.50. The van der Waals surface area contributed by atoms with E-state index in [1.807, 2.05) is 0 Å². The third kappa shape index (κ3) is 5.60. The number of alkyl halides is 1. The largest absolute Gasteiger partial charge is 0.380 e. The van der Waals surface area contributed by atoms with Crippen LogP contribution in [0.15, 0.2) is 0 Å². The molecule has 0 radical (unpaired) electrons. The summed E-state index contributed by atoms with van der Waals surface area (Å²) in [4.78, 5) is 0. The molecule has 4 nitrogen and oxygen atoms in total. The lowest BCUT2D eigenvalue weighted by atomic mass is 10.4. The Morgan fingerprint density at radius 3 is 2.55 bits per heavy atom. The molecule has 0 aromatic carbocycles. The molecule has 0 saturated carbocycles. The van der Waals surface area contributed by atoms with Crippen molar-refractivity contribution in [2.45, 2.75) is 13.0 Å². The maximum atomic E-state index is 10.8. The van der Waals surface area contributed by atoms with Crippen molar-refractivity contribution in [3.05, 3.63) is 0 Å². The van der Waals surface area contributed by atoms with Gasteiger partial charge >= 0.3 is 0 Å². The molecule has 0 aliphatic carbocycles. The molecule has 0 amide bonds. The van der Waals surface area contributed by atoms with Crippen LogP contribution >= 0.6 is 15.9 Å². The van der Waals surface area contributed by atoms with Crippen LogP contribution < -0.4 is 4.72 Å². The number of hydrogen-bond acceptors (Lipinski definition) is 3. The molecule has 0 fully saturated rings. The van der Waals surface area contributed by atoms with Crippen LogP contribution in [-0.4, -0.2) is 32.8 Å². The molecule has 11 heavy (non-hydrogen) atoms. The van der Waals surface area contributed by atoms with E-state index in [-0.39, 0.29) is 10.8 Å². The molecule has 1 atom stereocenters. The highest BCUT2D eigenvalue weighted by atomic mass is 79.9. The fourth-order valence-electron chi connectivity index (χ4n) is 0.366. The van der Waals surface area contributed by atoms with E-state index in [9.17, 15) is 8.42 Å². The van der Waals surface area contributed by atoms with Crippen LogP contribution in [0.1, 0.15) is 6.92 Å². The van der Waals surface area contributed by atoms with Crippen molar-refractivity contribution in [3.8, 4) is 0 Å². The Kier molecular flexibility index (Phi) is 5.24. The van der Waals surface area contributed by atoms with E-state index in [1.165, 1.54) is 7.11 Å². The van der Waals surface area contributed by atoms with Crippen LogP contribution in [0.3, 0.4) is 0 Å². The van der Waals surface area contributed by atoms with Crippen LogP contribution in [0.25, 0.3) is 0 Å². The molecule has 1 unspecified atom stereocenters. The Morgan fingerprint density at radius 2 is 2.18 bits per heavy atom. The van der Waals surface area contributed by atoms with Gasteiger partial charge in [-0.05, 0) is 6.92 Å². The average Bonchev–Trinajstić information content (AvgIpc) is 2.00. The lowest BCUT2D eigenvalue weighted by Crippen LogP contribution is -2.32. The van der Waals surface area contributed by atoms with Gasteiger partial charge in [-0.1, -0.05) is 15.9 Å². The van der Waals surface area contributed by atoms with Crippen LogP contribution in [0.2, 0.25) is 0 Å². The summed E-state index contributed by atoms with van der Waals surface area (Å²) < 4.78 is 28.7. The van der Waals surface area contributed by atoms with E-state index in [0.29, 0.717) is 6.54 Å². The van der Waals surface area contributed by atoms with Gasteiger partial charge in [0.1, 0.15) is 4.66 Å². The number of hydrogen-bond donors (Lipinski definition) is 1. The number of nitrogens with one attached hydrogen (secondary N) is 1. The second-order valence-electron chi connectivity index (χ2n) is 2.12. The van der Waals surface area contributed by atoms with Gasteiger partial charge in [0.15, 0.2) is 0 Å². The first-order valence-electron chi connectivity index (χ1n) is 3.08. The van der Waals surface area contributed by atoms with E-state index in [2.05, 4.69) is 20.7 Å². The van der Waals surface area contributed by atoms with Crippen LogP contribution in [-0.2, 0) is 14.8 Å². The zero-order valence-corrected chi connectivity index (χ0v) is 8.91. The van der Waals surface area contributed by atoms with E-state index >= 15 is 0 Å². The summed E-state index contributed by atoms with van der Waals surface area (Å²) >= 11 is 2.85. The minimum Gasteiger partial charge on any atom is -0.380 e. The minimum absolute atomic E-state index is 0.0730. The highest BCUT2D eigenvalue weighted by Crippen LogP contribution is 1.92. The number of sulfonamides is 1. The fourth-order valence-corrected chi connectivity index (χ4v) is 1.42. The minimum atomic E-state index is -3.14. The van der Waals surface area contributed by atoms with E-state index < -0.39 is 10.0 Å². The maximum absolute atomic E-state index is 10.8. The maximum Gasteiger partial charge on any atom is 0.221 e. The first-order chi connectivity index (χ1) is 5.02. The molecule has 6 heteroatoms. The smallest absolute Gasteiger partial charge is 0.221 e. The van der Waals surface area contributed by atoms with Gasteiger partial charge in [-0.3, -0.25) is 0 Å². The van der Waals surface area contributed by atoms with Gasteiger partial charge in [-0.15, -0.1) is 0 Å². The molecule has 1 N–H and O–H groups in total. The average molecular weight is 246 g/mol. The molecule has 68 valence electrons. The molecule has 0 rings (SSSR count). The summed E-state index contributed by atoms with van der Waals surface area (Å²) in [6.45, 7) is 2.10. The lowest BCUT2D eigenvalue weighted by Gasteiger charge is -2.09. The monoisotopic (exact) mass is 245 g/mol. The highest BCUT2D eigenvalue weighted by Gasteiger charge is 2.08. The second-order valence-corrected chi connectivity index (χ2v) is 5.23. The first kappa shape index (κ1) is 11.4. The van der Waals surface area contributed by atoms with Crippen molar-refractivity contribution in [2.24, 2.45) is 0 Å².